The van der Waals surface area contributed by atoms with E-state index in [-0.39, 0.29) is 11.8 Å². The monoisotopic (exact) mass is 653 g/mol. The number of aromatic nitrogens is 7. The zero-order valence-electron chi connectivity index (χ0n) is 22.2. The van der Waals surface area contributed by atoms with Gasteiger partial charge in [0.05, 0.1) is 30.5 Å². The summed E-state index contributed by atoms with van der Waals surface area (Å²) in [6.45, 7) is 1.52. The minimum absolute atomic E-state index is 0.0992. The Kier molecular flexibility index (Phi) is 7.24. The number of halogens is 1. The van der Waals surface area contributed by atoms with Crippen molar-refractivity contribution in [3.63, 3.8) is 0 Å². The van der Waals surface area contributed by atoms with Crippen LogP contribution in [0.3, 0.4) is 0 Å². The summed E-state index contributed by atoms with van der Waals surface area (Å²) in [6, 6.07) is 6.11. The van der Waals surface area contributed by atoms with Crippen LogP contribution in [0.5, 0.6) is 11.8 Å². The molecule has 0 bridgehead atoms. The fourth-order valence-electron chi connectivity index (χ4n) is 4.93. The molecule has 0 amide bonds. The summed E-state index contributed by atoms with van der Waals surface area (Å²) in [4.78, 5) is 12.4. The molecule has 4 aromatic heterocycles. The third-order valence-corrected chi connectivity index (χ3v) is 7.98. The van der Waals surface area contributed by atoms with Crippen LogP contribution >= 0.6 is 22.6 Å². The molecule has 1 atom stereocenters. The second-order valence-electron chi connectivity index (χ2n) is 9.65. The molecule has 1 aliphatic rings. The largest absolute Gasteiger partial charge is 0.477 e. The number of nitrogens with zero attached hydrogens (tertiary/aromatic N) is 7. The Hall–Kier alpha value is -3.83. The molecular formula is C28H28IN7O4. The Balaban J connectivity index is 1.16. The molecule has 206 valence electrons. The van der Waals surface area contributed by atoms with E-state index in [0.717, 1.165) is 47.9 Å². The van der Waals surface area contributed by atoms with Crippen LogP contribution in [0.25, 0.3) is 27.5 Å². The van der Waals surface area contributed by atoms with Crippen LogP contribution in [-0.4, -0.2) is 53.6 Å². The predicted octanol–water partition coefficient (Wildman–Crippen LogP) is 3.92. The lowest BCUT2D eigenvalue weighted by molar-refractivity contribution is -0.0367. The van der Waals surface area contributed by atoms with Gasteiger partial charge >= 0.3 is 0 Å². The van der Waals surface area contributed by atoms with Gasteiger partial charge in [-0.15, -0.1) is 11.5 Å². The van der Waals surface area contributed by atoms with Gasteiger partial charge in [0.25, 0.3) is 5.56 Å². The molecule has 12 heteroatoms. The molecule has 1 aromatic carbocycles. The van der Waals surface area contributed by atoms with Crippen LogP contribution < -0.4 is 15.0 Å². The van der Waals surface area contributed by atoms with Gasteiger partial charge in [0.15, 0.2) is 6.23 Å². The smallest absolute Gasteiger partial charge is 0.277 e. The molecule has 0 spiro atoms. The molecule has 6 rings (SSSR count). The van der Waals surface area contributed by atoms with Gasteiger partial charge in [0.2, 0.25) is 11.8 Å². The number of ether oxygens (including phenoxy) is 3. The highest BCUT2D eigenvalue weighted by Gasteiger charge is 2.22. The van der Waals surface area contributed by atoms with Crippen molar-refractivity contribution >= 4 is 39.0 Å². The fraction of sp³-hybridized carbons (Fsp3) is 0.357. The third-order valence-electron chi connectivity index (χ3n) is 7.01. The molecule has 0 aliphatic carbocycles. The Morgan fingerprint density at radius 2 is 2.02 bits per heavy atom. The number of benzene rings is 1. The van der Waals surface area contributed by atoms with Crippen molar-refractivity contribution in [2.24, 2.45) is 14.1 Å². The van der Waals surface area contributed by atoms with E-state index >= 15 is 0 Å². The van der Waals surface area contributed by atoms with Gasteiger partial charge in [-0.1, -0.05) is 6.07 Å². The van der Waals surface area contributed by atoms with E-state index in [1.807, 2.05) is 29.9 Å². The summed E-state index contributed by atoms with van der Waals surface area (Å²) in [5, 5.41) is 14.4. The van der Waals surface area contributed by atoms with Crippen molar-refractivity contribution in [1.29, 1.82) is 0 Å². The van der Waals surface area contributed by atoms with Crippen LogP contribution in [0.15, 0.2) is 41.6 Å². The molecule has 0 N–H and O–H groups in total. The van der Waals surface area contributed by atoms with Gasteiger partial charge in [-0.2, -0.15) is 10.2 Å². The lowest BCUT2D eigenvalue weighted by atomic mass is 10.1. The number of hydrogen-bond acceptors (Lipinski definition) is 7. The van der Waals surface area contributed by atoms with E-state index in [9.17, 15) is 4.79 Å². The Labute approximate surface area is 243 Å². The van der Waals surface area contributed by atoms with Gasteiger partial charge in [-0.3, -0.25) is 4.79 Å². The summed E-state index contributed by atoms with van der Waals surface area (Å²) < 4.78 is 25.4. The average molecular weight is 653 g/mol. The van der Waals surface area contributed by atoms with Crippen molar-refractivity contribution in [2.45, 2.75) is 31.9 Å². The minimum atomic E-state index is -0.122. The van der Waals surface area contributed by atoms with Crippen molar-refractivity contribution < 1.29 is 14.2 Å². The molecular weight excluding hydrogens is 625 g/mol. The highest BCUT2D eigenvalue weighted by atomic mass is 127. The summed E-state index contributed by atoms with van der Waals surface area (Å²) in [7, 11) is 3.56. The van der Waals surface area contributed by atoms with Crippen LogP contribution in [0.4, 0.5) is 0 Å². The van der Waals surface area contributed by atoms with E-state index in [1.165, 1.54) is 4.57 Å². The lowest BCUT2D eigenvalue weighted by Gasteiger charge is -2.23. The standard InChI is InChI=1S/C28H28IN7O4/c1-4-21-19-16-18(9-10-22(19)36(31-21)23-8-5-6-13-38-23)20-17-30-34(3)28(20)40-15-7-14-39-26-24(29)25-27(37)33(2)11-12-35(25)32-26/h1,9-12,16-17,23H,5-8,13-15H2,2-3H3. The van der Waals surface area contributed by atoms with Crippen molar-refractivity contribution in [3.05, 3.63) is 56.4 Å². The van der Waals surface area contributed by atoms with Gasteiger partial charge in [-0.25, -0.2) is 13.9 Å². The highest BCUT2D eigenvalue weighted by Crippen LogP contribution is 2.34. The maximum absolute atomic E-state index is 12.4. The van der Waals surface area contributed by atoms with E-state index in [4.69, 9.17) is 20.6 Å². The van der Waals surface area contributed by atoms with Gasteiger partial charge in [0.1, 0.15) is 14.8 Å². The Morgan fingerprint density at radius 1 is 1.18 bits per heavy atom. The molecule has 5 aromatic rings. The highest BCUT2D eigenvalue weighted by molar-refractivity contribution is 14.1. The normalized spacial score (nSPS) is 15.5. The van der Waals surface area contributed by atoms with Crippen LogP contribution in [0.1, 0.15) is 37.6 Å². The lowest BCUT2D eigenvalue weighted by Crippen LogP contribution is -2.19. The molecule has 1 fully saturated rings. The van der Waals surface area contributed by atoms with Crippen LogP contribution in [-0.2, 0) is 18.8 Å². The number of fused-ring (bicyclic) bond motifs is 2. The number of terminal acetylenes is 1. The van der Waals surface area contributed by atoms with Gasteiger partial charge < -0.3 is 18.8 Å². The molecule has 0 radical (unpaired) electrons. The van der Waals surface area contributed by atoms with E-state index in [1.54, 1.807) is 34.8 Å². The Bertz CT molecular complexity index is 1800. The van der Waals surface area contributed by atoms with Crippen molar-refractivity contribution in [1.82, 2.24) is 33.7 Å². The molecule has 0 saturated carbocycles. The second-order valence-corrected chi connectivity index (χ2v) is 10.7. The van der Waals surface area contributed by atoms with Gasteiger partial charge in [-0.05, 0) is 65.5 Å². The SMILES string of the molecule is C#Cc1nn(C2CCCCO2)c2ccc(-c3cnn(C)c3OCCCOc3nn4ccn(C)c(=O)c4c3I)cc12. The first-order chi connectivity index (χ1) is 19.5. The van der Waals surface area contributed by atoms with Crippen LogP contribution in [0.2, 0.25) is 0 Å². The van der Waals surface area contributed by atoms with Crippen molar-refractivity contribution in [3.8, 4) is 35.2 Å². The average Bonchev–Trinajstić information content (AvgIpc) is 3.63. The summed E-state index contributed by atoms with van der Waals surface area (Å²) in [5.74, 6) is 3.81. The van der Waals surface area contributed by atoms with E-state index in [2.05, 4.69) is 43.8 Å². The van der Waals surface area contributed by atoms with E-state index in [0.29, 0.717) is 46.2 Å². The first-order valence-corrected chi connectivity index (χ1v) is 14.2. The first-order valence-electron chi connectivity index (χ1n) is 13.1. The number of aryl methyl sites for hydroxylation is 2. The quantitative estimate of drug-likeness (QED) is 0.142. The Morgan fingerprint density at radius 3 is 2.83 bits per heavy atom. The summed E-state index contributed by atoms with van der Waals surface area (Å²) in [6.07, 6.45) is 14.6. The molecule has 5 heterocycles. The molecule has 1 aliphatic heterocycles. The van der Waals surface area contributed by atoms with Gasteiger partial charge in [0, 0.05) is 44.9 Å². The molecule has 1 unspecified atom stereocenters. The summed E-state index contributed by atoms with van der Waals surface area (Å²) in [5.41, 5.74) is 3.72. The van der Waals surface area contributed by atoms with E-state index < -0.39 is 0 Å². The maximum atomic E-state index is 12.4. The molecule has 40 heavy (non-hydrogen) atoms. The predicted molar refractivity (Wildman–Crippen MR) is 157 cm³/mol. The van der Waals surface area contributed by atoms with Crippen LogP contribution in [0, 0.1) is 15.9 Å². The zero-order chi connectivity index (χ0) is 27.8. The second kappa shape index (κ2) is 11.0. The minimum Gasteiger partial charge on any atom is -0.477 e. The topological polar surface area (TPSA) is 103 Å². The maximum Gasteiger partial charge on any atom is 0.277 e. The first kappa shape index (κ1) is 26.4. The number of rotatable bonds is 8. The molecule has 11 nitrogen and oxygen atoms in total. The zero-order valence-corrected chi connectivity index (χ0v) is 24.4. The molecule has 1 saturated heterocycles. The van der Waals surface area contributed by atoms with Crippen molar-refractivity contribution in [2.75, 3.05) is 19.8 Å². The third kappa shape index (κ3) is 4.73. The fourth-order valence-corrected chi connectivity index (χ4v) is 5.67. The number of hydrogen-bond donors (Lipinski definition) is 0. The summed E-state index contributed by atoms with van der Waals surface area (Å²) >= 11 is 2.10.